The SMILES string of the molecule is Cc1nc(-c2ccc(Cc3cc(C(=O)NC4CCN5CCCC45)nc4ccsc34)cc2)cs1. The molecule has 2 aliphatic rings. The second-order valence-corrected chi connectivity index (χ2v) is 11.0. The molecule has 2 aliphatic heterocycles. The molecule has 2 unspecified atom stereocenters. The summed E-state index contributed by atoms with van der Waals surface area (Å²) in [6, 6.07) is 13.3. The van der Waals surface area contributed by atoms with Gasteiger partial charge in [-0.1, -0.05) is 24.3 Å². The number of aryl methyl sites for hydroxylation is 1. The van der Waals surface area contributed by atoms with Gasteiger partial charge in [-0.05, 0) is 67.8 Å². The van der Waals surface area contributed by atoms with E-state index in [-0.39, 0.29) is 11.9 Å². The summed E-state index contributed by atoms with van der Waals surface area (Å²) in [5, 5.41) is 8.53. The maximum Gasteiger partial charge on any atom is 0.270 e. The summed E-state index contributed by atoms with van der Waals surface area (Å²) in [6.07, 6.45) is 4.23. The molecule has 0 bridgehead atoms. The Morgan fingerprint density at radius 1 is 1.12 bits per heavy atom. The number of thiazole rings is 1. The second-order valence-electron chi connectivity index (χ2n) is 9.04. The molecule has 0 aliphatic carbocycles. The minimum Gasteiger partial charge on any atom is -0.346 e. The Bertz CT molecular complexity index is 1310. The van der Waals surface area contributed by atoms with E-state index in [2.05, 4.69) is 50.2 Å². The highest BCUT2D eigenvalue weighted by Crippen LogP contribution is 2.30. The molecule has 2 fully saturated rings. The third-order valence-corrected chi connectivity index (χ3v) is 8.66. The van der Waals surface area contributed by atoms with Crippen molar-refractivity contribution in [2.24, 2.45) is 0 Å². The number of rotatable bonds is 5. The highest BCUT2D eigenvalue weighted by atomic mass is 32.1. The number of nitrogens with one attached hydrogen (secondary N) is 1. The van der Waals surface area contributed by atoms with Crippen molar-refractivity contribution >= 4 is 38.8 Å². The van der Waals surface area contributed by atoms with Crippen molar-refractivity contribution in [3.8, 4) is 11.3 Å². The van der Waals surface area contributed by atoms with Crippen LogP contribution in [0.4, 0.5) is 0 Å². The predicted octanol–water partition coefficient (Wildman–Crippen LogP) is 5.29. The van der Waals surface area contributed by atoms with Crippen LogP contribution < -0.4 is 5.32 Å². The molecule has 168 valence electrons. The van der Waals surface area contributed by atoms with Crippen molar-refractivity contribution in [2.45, 2.75) is 44.7 Å². The van der Waals surface area contributed by atoms with E-state index < -0.39 is 0 Å². The molecule has 2 saturated heterocycles. The number of benzene rings is 1. The molecule has 7 heteroatoms. The van der Waals surface area contributed by atoms with E-state index >= 15 is 0 Å². The van der Waals surface area contributed by atoms with Gasteiger partial charge in [-0.3, -0.25) is 9.69 Å². The van der Waals surface area contributed by atoms with Gasteiger partial charge in [0.05, 0.1) is 20.9 Å². The molecule has 6 rings (SSSR count). The van der Waals surface area contributed by atoms with Gasteiger partial charge < -0.3 is 5.32 Å². The number of aromatic nitrogens is 2. The van der Waals surface area contributed by atoms with E-state index in [9.17, 15) is 4.79 Å². The average Bonchev–Trinajstić information content (AvgIpc) is 3.60. The van der Waals surface area contributed by atoms with Gasteiger partial charge in [0.2, 0.25) is 0 Å². The number of carbonyl (C=O) groups excluding carboxylic acids is 1. The van der Waals surface area contributed by atoms with Gasteiger partial charge in [-0.25, -0.2) is 9.97 Å². The highest BCUT2D eigenvalue weighted by molar-refractivity contribution is 7.17. The van der Waals surface area contributed by atoms with Gasteiger partial charge in [0, 0.05) is 29.6 Å². The van der Waals surface area contributed by atoms with Crippen LogP contribution in [-0.4, -0.2) is 45.9 Å². The molecule has 3 aromatic heterocycles. The van der Waals surface area contributed by atoms with Crippen LogP contribution in [0.15, 0.2) is 47.2 Å². The molecule has 1 aromatic carbocycles. The van der Waals surface area contributed by atoms with Gasteiger partial charge in [0.15, 0.2) is 0 Å². The molecular formula is C26H26N4OS2. The van der Waals surface area contributed by atoms with Crippen molar-refractivity contribution in [2.75, 3.05) is 13.1 Å². The fourth-order valence-electron chi connectivity index (χ4n) is 5.27. The molecule has 0 saturated carbocycles. The zero-order valence-electron chi connectivity index (χ0n) is 18.6. The zero-order chi connectivity index (χ0) is 22.4. The van der Waals surface area contributed by atoms with Crippen LogP contribution >= 0.6 is 22.7 Å². The minimum absolute atomic E-state index is 0.0441. The van der Waals surface area contributed by atoms with Crippen LogP contribution in [0.5, 0.6) is 0 Å². The summed E-state index contributed by atoms with van der Waals surface area (Å²) < 4.78 is 1.16. The summed E-state index contributed by atoms with van der Waals surface area (Å²) in [5.41, 5.74) is 5.98. The van der Waals surface area contributed by atoms with Gasteiger partial charge in [0.25, 0.3) is 5.91 Å². The average molecular weight is 475 g/mol. The van der Waals surface area contributed by atoms with Gasteiger partial charge in [-0.15, -0.1) is 22.7 Å². The van der Waals surface area contributed by atoms with Crippen molar-refractivity contribution in [3.05, 3.63) is 69.0 Å². The van der Waals surface area contributed by atoms with Gasteiger partial charge >= 0.3 is 0 Å². The molecule has 0 radical (unpaired) electrons. The highest BCUT2D eigenvalue weighted by Gasteiger charge is 2.38. The van der Waals surface area contributed by atoms with E-state index in [1.807, 2.05) is 19.1 Å². The Morgan fingerprint density at radius 2 is 2.00 bits per heavy atom. The molecule has 1 amide bonds. The monoisotopic (exact) mass is 474 g/mol. The number of hydrogen-bond donors (Lipinski definition) is 1. The minimum atomic E-state index is -0.0441. The molecule has 2 atom stereocenters. The first-order valence-electron chi connectivity index (χ1n) is 11.6. The van der Waals surface area contributed by atoms with Crippen molar-refractivity contribution in [3.63, 3.8) is 0 Å². The fourth-order valence-corrected chi connectivity index (χ4v) is 6.75. The quantitative estimate of drug-likeness (QED) is 0.427. The Labute approximate surface area is 201 Å². The van der Waals surface area contributed by atoms with Crippen molar-refractivity contribution < 1.29 is 4.79 Å². The lowest BCUT2D eigenvalue weighted by Gasteiger charge is -2.21. The Balaban J connectivity index is 1.24. The maximum atomic E-state index is 13.2. The summed E-state index contributed by atoms with van der Waals surface area (Å²) in [5.74, 6) is -0.0441. The molecular weight excluding hydrogens is 448 g/mol. The van der Waals surface area contributed by atoms with Gasteiger partial charge in [0.1, 0.15) is 5.69 Å². The molecule has 4 aromatic rings. The topological polar surface area (TPSA) is 58.1 Å². The second kappa shape index (κ2) is 8.63. The fraction of sp³-hybridized carbons (Fsp3) is 0.346. The van der Waals surface area contributed by atoms with Crippen LogP contribution in [0.3, 0.4) is 0 Å². The lowest BCUT2D eigenvalue weighted by Crippen LogP contribution is -2.42. The summed E-state index contributed by atoms with van der Waals surface area (Å²) in [7, 11) is 0. The van der Waals surface area contributed by atoms with Crippen LogP contribution in [0.1, 0.15) is 45.9 Å². The Kier molecular flexibility index (Phi) is 5.48. The molecule has 1 N–H and O–H groups in total. The van der Waals surface area contributed by atoms with E-state index in [0.29, 0.717) is 11.7 Å². The maximum absolute atomic E-state index is 13.2. The largest absolute Gasteiger partial charge is 0.346 e. The van der Waals surface area contributed by atoms with Gasteiger partial charge in [-0.2, -0.15) is 0 Å². The lowest BCUT2D eigenvalue weighted by atomic mass is 10.0. The summed E-state index contributed by atoms with van der Waals surface area (Å²) >= 11 is 3.36. The standard InChI is InChI=1S/C26H26N4OS2/c1-16-27-23(15-33-16)18-6-4-17(5-7-18)13-19-14-22(28-21-9-12-32-25(19)21)26(31)29-20-8-11-30-10-2-3-24(20)30/h4-7,9,12,14-15,20,24H,2-3,8,10-11,13H2,1H3,(H,29,31). The number of amides is 1. The number of nitrogens with zero attached hydrogens (tertiary/aromatic N) is 3. The molecule has 0 spiro atoms. The first-order chi connectivity index (χ1) is 16.1. The zero-order valence-corrected chi connectivity index (χ0v) is 20.2. The van der Waals surface area contributed by atoms with E-state index in [4.69, 9.17) is 4.98 Å². The molecule has 5 nitrogen and oxygen atoms in total. The van der Waals surface area contributed by atoms with E-state index in [1.54, 1.807) is 22.7 Å². The number of carbonyl (C=O) groups is 1. The van der Waals surface area contributed by atoms with Crippen LogP contribution in [0.2, 0.25) is 0 Å². The number of hydrogen-bond acceptors (Lipinski definition) is 6. The first-order valence-corrected chi connectivity index (χ1v) is 13.3. The predicted molar refractivity (Wildman–Crippen MR) is 135 cm³/mol. The van der Waals surface area contributed by atoms with E-state index in [1.165, 1.54) is 24.9 Å². The summed E-state index contributed by atoms with van der Waals surface area (Å²) in [4.78, 5) is 25.0. The van der Waals surface area contributed by atoms with E-state index in [0.717, 1.165) is 51.4 Å². The third kappa shape index (κ3) is 4.09. The van der Waals surface area contributed by atoms with Crippen LogP contribution in [0.25, 0.3) is 21.5 Å². The first kappa shape index (κ1) is 21.0. The molecule has 5 heterocycles. The number of pyridine rings is 1. The third-order valence-electron chi connectivity index (χ3n) is 6.91. The Hall–Kier alpha value is -2.61. The summed E-state index contributed by atoms with van der Waals surface area (Å²) in [6.45, 7) is 4.29. The normalized spacial score (nSPS) is 20.4. The Morgan fingerprint density at radius 3 is 2.82 bits per heavy atom. The van der Waals surface area contributed by atoms with Crippen molar-refractivity contribution in [1.29, 1.82) is 0 Å². The van der Waals surface area contributed by atoms with Crippen LogP contribution in [0, 0.1) is 6.92 Å². The van der Waals surface area contributed by atoms with Crippen molar-refractivity contribution in [1.82, 2.24) is 20.2 Å². The smallest absolute Gasteiger partial charge is 0.270 e. The number of fused-ring (bicyclic) bond motifs is 2. The lowest BCUT2D eigenvalue weighted by molar-refractivity contribution is 0.0924. The van der Waals surface area contributed by atoms with Crippen LogP contribution in [-0.2, 0) is 6.42 Å². The number of thiophene rings is 1. The molecule has 33 heavy (non-hydrogen) atoms.